The van der Waals surface area contributed by atoms with E-state index in [1.165, 1.54) is 6.07 Å². The Bertz CT molecular complexity index is 505. The van der Waals surface area contributed by atoms with Crippen molar-refractivity contribution in [2.24, 2.45) is 0 Å². The monoisotopic (exact) mass is 297 g/mol. The summed E-state index contributed by atoms with van der Waals surface area (Å²) in [5.41, 5.74) is -0.521. The van der Waals surface area contributed by atoms with Crippen LogP contribution < -0.4 is 5.32 Å². The molecule has 8 heteroatoms. The molecule has 2 N–H and O–H groups in total. The Morgan fingerprint density at radius 2 is 2.14 bits per heavy atom. The van der Waals surface area contributed by atoms with Crippen molar-refractivity contribution in [1.82, 2.24) is 10.2 Å². The molecule has 1 aromatic carbocycles. The van der Waals surface area contributed by atoms with Gasteiger partial charge >= 0.3 is 0 Å². The van der Waals surface area contributed by atoms with E-state index >= 15 is 0 Å². The summed E-state index contributed by atoms with van der Waals surface area (Å²) in [5.74, 6) is -0.818. The summed E-state index contributed by atoms with van der Waals surface area (Å²) >= 11 is 0. The van der Waals surface area contributed by atoms with Crippen molar-refractivity contribution in [1.29, 1.82) is 0 Å². The third kappa shape index (κ3) is 5.76. The molecule has 0 aliphatic carbocycles. The summed E-state index contributed by atoms with van der Waals surface area (Å²) in [6.45, 7) is 1.85. The number of phenolic OH excluding ortho intramolecular Hbond substituents is 1. The fourth-order valence-corrected chi connectivity index (χ4v) is 1.55. The number of benzene rings is 1. The van der Waals surface area contributed by atoms with Gasteiger partial charge in [-0.1, -0.05) is 0 Å². The average Bonchev–Trinajstić information content (AvgIpc) is 2.41. The van der Waals surface area contributed by atoms with E-state index in [1.807, 2.05) is 19.0 Å². The van der Waals surface area contributed by atoms with Gasteiger partial charge < -0.3 is 20.1 Å². The molecule has 1 aromatic rings. The molecule has 0 aromatic heterocycles. The number of hydrogen-bond donors (Lipinski definition) is 2. The SMILES string of the molecule is CN(C)CCOCCNC(=O)c1cc(O)ccc1[N+](=O)[O-]. The number of carbonyl (C=O) groups is 1. The maximum atomic E-state index is 11.9. The highest BCUT2D eigenvalue weighted by molar-refractivity contribution is 5.98. The number of likely N-dealkylation sites (N-methyl/N-ethyl adjacent to an activating group) is 1. The molecular formula is C13H19N3O5. The highest BCUT2D eigenvalue weighted by Crippen LogP contribution is 2.22. The largest absolute Gasteiger partial charge is 0.508 e. The van der Waals surface area contributed by atoms with E-state index in [0.29, 0.717) is 13.2 Å². The Kier molecular flexibility index (Phi) is 6.57. The van der Waals surface area contributed by atoms with Crippen LogP contribution in [0.3, 0.4) is 0 Å². The number of nitro groups is 1. The van der Waals surface area contributed by atoms with Crippen molar-refractivity contribution in [3.8, 4) is 5.75 Å². The van der Waals surface area contributed by atoms with E-state index in [1.54, 1.807) is 0 Å². The van der Waals surface area contributed by atoms with Gasteiger partial charge in [0, 0.05) is 19.2 Å². The Labute approximate surface area is 122 Å². The normalized spacial score (nSPS) is 10.6. The number of nitrogens with one attached hydrogen (secondary N) is 1. The van der Waals surface area contributed by atoms with E-state index in [2.05, 4.69) is 5.32 Å². The van der Waals surface area contributed by atoms with Gasteiger partial charge in [0.05, 0.1) is 18.1 Å². The fourth-order valence-electron chi connectivity index (χ4n) is 1.55. The number of aromatic hydroxyl groups is 1. The van der Waals surface area contributed by atoms with Gasteiger partial charge in [-0.15, -0.1) is 0 Å². The third-order valence-corrected chi connectivity index (χ3v) is 2.64. The van der Waals surface area contributed by atoms with Crippen LogP contribution in [0.15, 0.2) is 18.2 Å². The first-order valence-corrected chi connectivity index (χ1v) is 6.40. The number of nitro benzene ring substituents is 1. The van der Waals surface area contributed by atoms with Crippen LogP contribution >= 0.6 is 0 Å². The number of carbonyl (C=O) groups excluding carboxylic acids is 1. The van der Waals surface area contributed by atoms with Crippen LogP contribution in [0.2, 0.25) is 0 Å². The molecule has 0 spiro atoms. The van der Waals surface area contributed by atoms with Crippen molar-refractivity contribution in [2.75, 3.05) is 40.4 Å². The number of hydrogen-bond acceptors (Lipinski definition) is 6. The number of rotatable bonds is 8. The molecule has 0 unspecified atom stereocenters. The molecule has 0 saturated heterocycles. The molecule has 0 fully saturated rings. The molecule has 8 nitrogen and oxygen atoms in total. The fraction of sp³-hybridized carbons (Fsp3) is 0.462. The summed E-state index contributed by atoms with van der Waals surface area (Å²) in [7, 11) is 3.85. The zero-order chi connectivity index (χ0) is 15.8. The minimum absolute atomic E-state index is 0.173. The summed E-state index contributed by atoms with van der Waals surface area (Å²) in [5, 5.41) is 22.7. The minimum atomic E-state index is -0.665. The Hall–Kier alpha value is -2.19. The lowest BCUT2D eigenvalue weighted by molar-refractivity contribution is -0.385. The first kappa shape index (κ1) is 16.9. The molecule has 0 heterocycles. The van der Waals surface area contributed by atoms with Crippen molar-refractivity contribution in [3.05, 3.63) is 33.9 Å². The van der Waals surface area contributed by atoms with Gasteiger partial charge in [0.2, 0.25) is 0 Å². The Morgan fingerprint density at radius 3 is 2.76 bits per heavy atom. The summed E-state index contributed by atoms with van der Waals surface area (Å²) < 4.78 is 5.29. The van der Waals surface area contributed by atoms with Crippen LogP contribution in [-0.2, 0) is 4.74 Å². The highest BCUT2D eigenvalue weighted by Gasteiger charge is 2.20. The molecule has 1 rings (SSSR count). The number of amides is 1. The molecule has 0 radical (unpaired) electrons. The lowest BCUT2D eigenvalue weighted by Gasteiger charge is -2.10. The Balaban J connectivity index is 2.49. The Morgan fingerprint density at radius 1 is 1.43 bits per heavy atom. The second-order valence-corrected chi connectivity index (χ2v) is 4.63. The molecule has 0 atom stereocenters. The summed E-state index contributed by atoms with van der Waals surface area (Å²) in [6.07, 6.45) is 0. The molecule has 1 amide bonds. The first-order chi connectivity index (χ1) is 9.91. The van der Waals surface area contributed by atoms with Crippen molar-refractivity contribution < 1.29 is 19.6 Å². The van der Waals surface area contributed by atoms with Gasteiger partial charge in [-0.3, -0.25) is 14.9 Å². The van der Waals surface area contributed by atoms with Gasteiger partial charge in [0.1, 0.15) is 11.3 Å². The molecule has 116 valence electrons. The molecule has 0 aliphatic heterocycles. The van der Waals surface area contributed by atoms with E-state index in [0.717, 1.165) is 18.7 Å². The topological polar surface area (TPSA) is 105 Å². The highest BCUT2D eigenvalue weighted by atomic mass is 16.6. The molecule has 0 aliphatic rings. The maximum absolute atomic E-state index is 11.9. The van der Waals surface area contributed by atoms with Crippen LogP contribution in [-0.4, -0.2) is 61.2 Å². The van der Waals surface area contributed by atoms with E-state index < -0.39 is 10.8 Å². The summed E-state index contributed by atoms with van der Waals surface area (Å²) in [4.78, 5) is 24.0. The van der Waals surface area contributed by atoms with Crippen LogP contribution in [0.5, 0.6) is 5.75 Å². The third-order valence-electron chi connectivity index (χ3n) is 2.64. The zero-order valence-electron chi connectivity index (χ0n) is 12.0. The standard InChI is InChI=1S/C13H19N3O5/c1-15(2)6-8-21-7-5-14-13(18)11-9-10(17)3-4-12(11)16(19)20/h3-4,9,17H,5-8H2,1-2H3,(H,14,18). The smallest absolute Gasteiger partial charge is 0.282 e. The van der Waals surface area contributed by atoms with Crippen molar-refractivity contribution >= 4 is 11.6 Å². The molecule has 0 saturated carbocycles. The van der Waals surface area contributed by atoms with Crippen LogP contribution in [0.25, 0.3) is 0 Å². The van der Waals surface area contributed by atoms with E-state index in [9.17, 15) is 20.0 Å². The van der Waals surface area contributed by atoms with Gasteiger partial charge in [-0.05, 0) is 26.2 Å². The second-order valence-electron chi connectivity index (χ2n) is 4.63. The first-order valence-electron chi connectivity index (χ1n) is 6.40. The van der Waals surface area contributed by atoms with Gasteiger partial charge in [0.25, 0.3) is 11.6 Å². The average molecular weight is 297 g/mol. The van der Waals surface area contributed by atoms with Crippen LogP contribution in [0, 0.1) is 10.1 Å². The van der Waals surface area contributed by atoms with E-state index in [-0.39, 0.29) is 23.5 Å². The van der Waals surface area contributed by atoms with E-state index in [4.69, 9.17) is 4.74 Å². The number of nitrogens with zero attached hydrogens (tertiary/aromatic N) is 2. The van der Waals surface area contributed by atoms with Gasteiger partial charge in [-0.2, -0.15) is 0 Å². The second kappa shape index (κ2) is 8.18. The number of phenols is 1. The van der Waals surface area contributed by atoms with Gasteiger partial charge in [-0.25, -0.2) is 0 Å². The van der Waals surface area contributed by atoms with Crippen molar-refractivity contribution in [3.63, 3.8) is 0 Å². The zero-order valence-corrected chi connectivity index (χ0v) is 12.0. The molecule has 0 bridgehead atoms. The lowest BCUT2D eigenvalue weighted by atomic mass is 10.1. The van der Waals surface area contributed by atoms with Crippen LogP contribution in [0.1, 0.15) is 10.4 Å². The predicted octanol–water partition coefficient (Wildman–Crippen LogP) is 0.608. The summed E-state index contributed by atoms with van der Waals surface area (Å²) in [6, 6.07) is 3.33. The predicted molar refractivity (Wildman–Crippen MR) is 76.5 cm³/mol. The van der Waals surface area contributed by atoms with Crippen LogP contribution in [0.4, 0.5) is 5.69 Å². The maximum Gasteiger partial charge on any atom is 0.282 e. The molecule has 21 heavy (non-hydrogen) atoms. The van der Waals surface area contributed by atoms with Gasteiger partial charge in [0.15, 0.2) is 0 Å². The number of ether oxygens (including phenoxy) is 1. The molecular weight excluding hydrogens is 278 g/mol. The quantitative estimate of drug-likeness (QED) is 0.414. The minimum Gasteiger partial charge on any atom is -0.508 e. The van der Waals surface area contributed by atoms with Crippen molar-refractivity contribution in [2.45, 2.75) is 0 Å². The lowest BCUT2D eigenvalue weighted by Crippen LogP contribution is -2.28.